The third-order valence-corrected chi connectivity index (χ3v) is 6.45. The number of thiophene rings is 1. The molecule has 0 atom stereocenters. The van der Waals surface area contributed by atoms with E-state index in [-0.39, 0.29) is 4.21 Å². The molecule has 3 rings (SSSR count). The predicted octanol–water partition coefficient (Wildman–Crippen LogP) is 3.32. The van der Waals surface area contributed by atoms with Crippen LogP contribution in [0.1, 0.15) is 15.9 Å². The van der Waals surface area contributed by atoms with Crippen LogP contribution in [0.4, 0.5) is 5.69 Å². The van der Waals surface area contributed by atoms with Crippen LogP contribution in [0.3, 0.4) is 0 Å². The van der Waals surface area contributed by atoms with Crippen LogP contribution in [0, 0.1) is 0 Å². The number of rotatable bonds is 7. The van der Waals surface area contributed by atoms with E-state index < -0.39 is 15.9 Å². The summed E-state index contributed by atoms with van der Waals surface area (Å²) < 4.78 is 32.3. The highest BCUT2D eigenvalue weighted by Gasteiger charge is 2.15. The third-order valence-electron chi connectivity index (χ3n) is 3.67. The minimum absolute atomic E-state index is 0.222. The molecule has 0 aliphatic rings. The zero-order valence-corrected chi connectivity index (χ0v) is 16.5. The quantitative estimate of drug-likeness (QED) is 0.457. The number of methoxy groups -OCH3 is 1. The van der Waals surface area contributed by atoms with Gasteiger partial charge >= 0.3 is 0 Å². The van der Waals surface area contributed by atoms with E-state index in [4.69, 9.17) is 4.74 Å². The van der Waals surface area contributed by atoms with Gasteiger partial charge in [0.1, 0.15) is 9.96 Å². The largest absolute Gasteiger partial charge is 0.496 e. The Bertz CT molecular complexity index is 1080. The van der Waals surface area contributed by atoms with E-state index in [2.05, 4.69) is 15.2 Å². The van der Waals surface area contributed by atoms with Crippen molar-refractivity contribution in [1.82, 2.24) is 5.43 Å². The van der Waals surface area contributed by atoms with E-state index in [1.54, 1.807) is 24.6 Å². The van der Waals surface area contributed by atoms with Gasteiger partial charge in [0.2, 0.25) is 0 Å². The number of carbonyl (C=O) groups excluding carboxylic acids is 1. The van der Waals surface area contributed by atoms with Gasteiger partial charge in [-0.2, -0.15) is 5.10 Å². The van der Waals surface area contributed by atoms with Crippen molar-refractivity contribution in [3.05, 3.63) is 77.2 Å². The molecule has 0 bridgehead atoms. The zero-order valence-electron chi connectivity index (χ0n) is 14.8. The lowest BCUT2D eigenvalue weighted by Crippen LogP contribution is -2.18. The fourth-order valence-corrected chi connectivity index (χ4v) is 4.36. The first kappa shape index (κ1) is 19.6. The molecule has 3 aromatic rings. The number of nitrogens with one attached hydrogen (secondary N) is 2. The average Bonchev–Trinajstić information content (AvgIpc) is 3.24. The summed E-state index contributed by atoms with van der Waals surface area (Å²) in [6.07, 6.45) is 1.49. The van der Waals surface area contributed by atoms with E-state index in [0.29, 0.717) is 17.0 Å². The molecule has 1 amide bonds. The maximum Gasteiger partial charge on any atom is 0.271 e. The zero-order chi connectivity index (χ0) is 20.0. The number of benzene rings is 2. The number of carbonyl (C=O) groups is 1. The molecule has 0 saturated heterocycles. The summed E-state index contributed by atoms with van der Waals surface area (Å²) in [7, 11) is -2.07. The molecule has 7 nitrogen and oxygen atoms in total. The Balaban J connectivity index is 1.63. The van der Waals surface area contributed by atoms with Crippen LogP contribution in [0.25, 0.3) is 0 Å². The molecule has 9 heteroatoms. The molecule has 1 aromatic heterocycles. The van der Waals surface area contributed by atoms with Crippen LogP contribution in [0.5, 0.6) is 5.75 Å². The van der Waals surface area contributed by atoms with Gasteiger partial charge in [0.05, 0.1) is 13.3 Å². The molecule has 28 heavy (non-hydrogen) atoms. The molecular formula is C19H17N3O4S2. The molecule has 2 N–H and O–H groups in total. The van der Waals surface area contributed by atoms with Gasteiger partial charge in [0.15, 0.2) is 0 Å². The first-order valence-corrected chi connectivity index (χ1v) is 10.5. The number of nitrogens with zero attached hydrogens (tertiary/aromatic N) is 1. The molecule has 144 valence electrons. The highest BCUT2D eigenvalue weighted by molar-refractivity contribution is 7.94. The topological polar surface area (TPSA) is 96.9 Å². The average molecular weight is 415 g/mol. The smallest absolute Gasteiger partial charge is 0.271 e. The predicted molar refractivity (Wildman–Crippen MR) is 110 cm³/mol. The Morgan fingerprint density at radius 2 is 1.82 bits per heavy atom. The van der Waals surface area contributed by atoms with Gasteiger partial charge in [-0.05, 0) is 47.8 Å². The second-order valence-corrected chi connectivity index (χ2v) is 8.41. The SMILES string of the molecule is COc1ccccc1/C=N\NC(=O)c1ccc(NS(=O)(=O)c2cccs2)cc1. The van der Waals surface area contributed by atoms with Crippen molar-refractivity contribution < 1.29 is 17.9 Å². The molecule has 0 aliphatic heterocycles. The van der Waals surface area contributed by atoms with Crippen molar-refractivity contribution in [2.45, 2.75) is 4.21 Å². The molecule has 0 unspecified atom stereocenters. The van der Waals surface area contributed by atoms with E-state index in [1.165, 1.54) is 36.5 Å². The fraction of sp³-hybridized carbons (Fsp3) is 0.0526. The molecule has 0 aliphatic carbocycles. The van der Waals surface area contributed by atoms with E-state index in [1.807, 2.05) is 18.2 Å². The Labute approximate surface area is 166 Å². The van der Waals surface area contributed by atoms with Crippen molar-refractivity contribution in [2.75, 3.05) is 11.8 Å². The maximum atomic E-state index is 12.2. The van der Waals surface area contributed by atoms with Crippen molar-refractivity contribution in [3.8, 4) is 5.75 Å². The number of anilines is 1. The standard InChI is InChI=1S/C19H17N3O4S2/c1-26-17-6-3-2-5-15(17)13-20-21-19(23)14-8-10-16(11-9-14)22-28(24,25)18-7-4-12-27-18/h2-13,22H,1H3,(H,21,23)/b20-13-. The van der Waals surface area contributed by atoms with E-state index >= 15 is 0 Å². The maximum absolute atomic E-state index is 12.2. The van der Waals surface area contributed by atoms with Crippen LogP contribution in [-0.2, 0) is 10.0 Å². The summed E-state index contributed by atoms with van der Waals surface area (Å²) in [5.41, 5.74) is 3.86. The minimum atomic E-state index is -3.62. The summed E-state index contributed by atoms with van der Waals surface area (Å²) in [4.78, 5) is 12.2. The number of ether oxygens (including phenoxy) is 1. The lowest BCUT2D eigenvalue weighted by atomic mass is 10.2. The fourth-order valence-electron chi connectivity index (χ4n) is 2.31. The normalized spacial score (nSPS) is 11.3. The second kappa shape index (κ2) is 8.68. The highest BCUT2D eigenvalue weighted by atomic mass is 32.2. The van der Waals surface area contributed by atoms with Crippen LogP contribution >= 0.6 is 11.3 Å². The number of hydrogen-bond acceptors (Lipinski definition) is 6. The van der Waals surface area contributed by atoms with Gasteiger partial charge in [-0.15, -0.1) is 11.3 Å². The lowest BCUT2D eigenvalue weighted by Gasteiger charge is -2.07. The van der Waals surface area contributed by atoms with E-state index in [0.717, 1.165) is 16.9 Å². The molecular weight excluding hydrogens is 398 g/mol. The third kappa shape index (κ3) is 4.76. The van der Waals surface area contributed by atoms with Crippen LogP contribution < -0.4 is 14.9 Å². The summed E-state index contributed by atoms with van der Waals surface area (Å²) in [5.74, 6) is 0.224. The Morgan fingerprint density at radius 3 is 2.50 bits per heavy atom. The first-order valence-electron chi connectivity index (χ1n) is 8.12. The molecule has 0 fully saturated rings. The monoisotopic (exact) mass is 415 g/mol. The highest BCUT2D eigenvalue weighted by Crippen LogP contribution is 2.20. The van der Waals surface area contributed by atoms with Gasteiger partial charge in [-0.25, -0.2) is 13.8 Å². The Morgan fingerprint density at radius 1 is 1.07 bits per heavy atom. The van der Waals surface area contributed by atoms with Crippen LogP contribution in [0.15, 0.2) is 75.4 Å². The Kier molecular flexibility index (Phi) is 6.07. The van der Waals surface area contributed by atoms with Gasteiger partial charge in [-0.3, -0.25) is 9.52 Å². The summed E-state index contributed by atoms with van der Waals surface area (Å²) in [6.45, 7) is 0. The van der Waals surface area contributed by atoms with Crippen molar-refractivity contribution in [3.63, 3.8) is 0 Å². The lowest BCUT2D eigenvalue weighted by molar-refractivity contribution is 0.0955. The van der Waals surface area contributed by atoms with Gasteiger partial charge < -0.3 is 4.74 Å². The molecule has 1 heterocycles. The number of para-hydroxylation sites is 1. The number of amides is 1. The first-order chi connectivity index (χ1) is 13.5. The number of hydrazone groups is 1. The van der Waals surface area contributed by atoms with E-state index in [9.17, 15) is 13.2 Å². The molecule has 0 spiro atoms. The molecule has 0 radical (unpaired) electrons. The number of sulfonamides is 1. The van der Waals surface area contributed by atoms with Gasteiger partial charge in [0.25, 0.3) is 15.9 Å². The van der Waals surface area contributed by atoms with Gasteiger partial charge in [0, 0.05) is 16.8 Å². The van der Waals surface area contributed by atoms with Crippen LogP contribution in [0.2, 0.25) is 0 Å². The second-order valence-electron chi connectivity index (χ2n) is 5.56. The van der Waals surface area contributed by atoms with Gasteiger partial charge in [-0.1, -0.05) is 18.2 Å². The number of hydrogen-bond donors (Lipinski definition) is 2. The van der Waals surface area contributed by atoms with Crippen molar-refractivity contribution in [2.24, 2.45) is 5.10 Å². The summed E-state index contributed by atoms with van der Waals surface area (Å²) >= 11 is 1.13. The summed E-state index contributed by atoms with van der Waals surface area (Å²) in [5, 5.41) is 5.62. The summed E-state index contributed by atoms with van der Waals surface area (Å²) in [6, 6.07) is 16.5. The van der Waals surface area contributed by atoms with Crippen molar-refractivity contribution >= 4 is 39.2 Å². The minimum Gasteiger partial charge on any atom is -0.496 e. The van der Waals surface area contributed by atoms with Crippen LogP contribution in [-0.4, -0.2) is 27.6 Å². The Hall–Kier alpha value is -3.17. The molecule has 2 aromatic carbocycles. The van der Waals surface area contributed by atoms with Crippen molar-refractivity contribution in [1.29, 1.82) is 0 Å². The molecule has 0 saturated carbocycles.